The third-order valence-corrected chi connectivity index (χ3v) is 3.46. The lowest BCUT2D eigenvalue weighted by Crippen LogP contribution is -2.36. The Morgan fingerprint density at radius 1 is 1.04 bits per heavy atom. The van der Waals surface area contributed by atoms with Crippen LogP contribution in [0.4, 0.5) is 0 Å². The number of benzene rings is 2. The number of hydrogen-bond acceptors (Lipinski definition) is 5. The summed E-state index contributed by atoms with van der Waals surface area (Å²) in [6.07, 6.45) is -0.0278. The fraction of sp³-hybridized carbons (Fsp3) is 0.158. The SMILES string of the molecule is CC(=Cc1ccccc1)C(=O)OC(=O)C(O)[C@H](N)c1ccccc1. The van der Waals surface area contributed by atoms with Crippen molar-refractivity contribution in [3.63, 3.8) is 0 Å². The van der Waals surface area contributed by atoms with Crippen LogP contribution in [0.5, 0.6) is 0 Å². The molecular weight excluding hydrogens is 306 g/mol. The Balaban J connectivity index is 2.00. The van der Waals surface area contributed by atoms with E-state index in [9.17, 15) is 14.7 Å². The Labute approximate surface area is 140 Å². The molecule has 0 radical (unpaired) electrons. The van der Waals surface area contributed by atoms with E-state index in [1.54, 1.807) is 36.4 Å². The van der Waals surface area contributed by atoms with Gasteiger partial charge in [-0.2, -0.15) is 0 Å². The highest BCUT2D eigenvalue weighted by atomic mass is 16.6. The lowest BCUT2D eigenvalue weighted by molar-refractivity contribution is -0.164. The second-order valence-electron chi connectivity index (χ2n) is 5.33. The van der Waals surface area contributed by atoms with Gasteiger partial charge in [0.25, 0.3) is 0 Å². The zero-order valence-electron chi connectivity index (χ0n) is 13.3. The second kappa shape index (κ2) is 8.19. The highest BCUT2D eigenvalue weighted by molar-refractivity contribution is 6.00. The zero-order valence-corrected chi connectivity index (χ0v) is 13.3. The van der Waals surface area contributed by atoms with E-state index in [0.717, 1.165) is 5.56 Å². The monoisotopic (exact) mass is 325 g/mol. The lowest BCUT2D eigenvalue weighted by atomic mass is 10.0. The highest BCUT2D eigenvalue weighted by Crippen LogP contribution is 2.15. The topological polar surface area (TPSA) is 89.6 Å². The lowest BCUT2D eigenvalue weighted by Gasteiger charge is -2.17. The standard InChI is InChI=1S/C19H19NO4/c1-13(12-14-8-4-2-5-9-14)18(22)24-19(23)17(21)16(20)15-10-6-3-7-11-15/h2-12,16-17,21H,20H2,1H3/t16-,17?/m1/s1. The van der Waals surface area contributed by atoms with Gasteiger partial charge in [0.2, 0.25) is 0 Å². The molecule has 0 bridgehead atoms. The van der Waals surface area contributed by atoms with Crippen LogP contribution in [0.15, 0.2) is 66.2 Å². The zero-order chi connectivity index (χ0) is 17.5. The first-order valence-electron chi connectivity index (χ1n) is 7.47. The third-order valence-electron chi connectivity index (χ3n) is 3.46. The molecule has 0 aliphatic carbocycles. The number of ether oxygens (including phenoxy) is 1. The molecule has 0 aromatic heterocycles. The average Bonchev–Trinajstić information content (AvgIpc) is 2.61. The summed E-state index contributed by atoms with van der Waals surface area (Å²) in [7, 11) is 0. The van der Waals surface area contributed by atoms with Crippen LogP contribution in [0, 0.1) is 0 Å². The Morgan fingerprint density at radius 3 is 2.17 bits per heavy atom. The van der Waals surface area contributed by atoms with E-state index in [0.29, 0.717) is 5.56 Å². The highest BCUT2D eigenvalue weighted by Gasteiger charge is 2.28. The number of nitrogens with two attached hydrogens (primary N) is 1. The van der Waals surface area contributed by atoms with Crippen LogP contribution in [-0.4, -0.2) is 23.1 Å². The van der Waals surface area contributed by atoms with Crippen molar-refractivity contribution in [2.75, 3.05) is 0 Å². The van der Waals surface area contributed by atoms with Crippen LogP contribution in [-0.2, 0) is 14.3 Å². The summed E-state index contributed by atoms with van der Waals surface area (Å²) in [5, 5.41) is 9.99. The van der Waals surface area contributed by atoms with E-state index in [1.807, 2.05) is 30.3 Å². The Bertz CT molecular complexity index is 726. The minimum Gasteiger partial charge on any atom is -0.388 e. The molecule has 0 heterocycles. The largest absolute Gasteiger partial charge is 0.388 e. The average molecular weight is 325 g/mol. The summed E-state index contributed by atoms with van der Waals surface area (Å²) in [6.45, 7) is 1.53. The number of hydrogen-bond donors (Lipinski definition) is 2. The Hall–Kier alpha value is -2.76. The first-order valence-corrected chi connectivity index (χ1v) is 7.47. The van der Waals surface area contributed by atoms with Crippen molar-refractivity contribution in [1.82, 2.24) is 0 Å². The van der Waals surface area contributed by atoms with E-state index in [-0.39, 0.29) is 5.57 Å². The summed E-state index contributed by atoms with van der Waals surface area (Å²) in [4.78, 5) is 23.9. The van der Waals surface area contributed by atoms with E-state index < -0.39 is 24.1 Å². The molecule has 3 N–H and O–H groups in total. The number of rotatable bonds is 5. The number of carbonyl (C=O) groups is 2. The molecule has 24 heavy (non-hydrogen) atoms. The Kier molecular flexibility index (Phi) is 6.01. The summed E-state index contributed by atoms with van der Waals surface area (Å²) in [6, 6.07) is 16.8. The number of aliphatic hydroxyl groups excluding tert-OH is 1. The minimum atomic E-state index is -1.62. The summed E-state index contributed by atoms with van der Waals surface area (Å²) in [5.74, 6) is -1.89. The maximum atomic E-state index is 12.0. The maximum absolute atomic E-state index is 12.0. The maximum Gasteiger partial charge on any atom is 0.344 e. The normalized spacial score (nSPS) is 13.9. The number of esters is 2. The number of carbonyl (C=O) groups excluding carboxylic acids is 2. The molecule has 2 aromatic carbocycles. The van der Waals surface area contributed by atoms with Crippen molar-refractivity contribution >= 4 is 18.0 Å². The van der Waals surface area contributed by atoms with Crippen LogP contribution in [0.1, 0.15) is 24.1 Å². The van der Waals surface area contributed by atoms with Crippen LogP contribution >= 0.6 is 0 Å². The fourth-order valence-corrected chi connectivity index (χ4v) is 2.09. The van der Waals surface area contributed by atoms with Crippen LogP contribution < -0.4 is 5.73 Å². The molecule has 2 atom stereocenters. The van der Waals surface area contributed by atoms with Gasteiger partial charge in [-0.05, 0) is 24.1 Å². The molecule has 0 spiro atoms. The van der Waals surface area contributed by atoms with Crippen LogP contribution in [0.3, 0.4) is 0 Å². The van der Waals surface area contributed by atoms with Gasteiger partial charge in [0, 0.05) is 5.57 Å². The molecule has 0 aliphatic heterocycles. The van der Waals surface area contributed by atoms with Gasteiger partial charge < -0.3 is 15.6 Å². The minimum absolute atomic E-state index is 0.245. The van der Waals surface area contributed by atoms with Gasteiger partial charge in [0.05, 0.1) is 6.04 Å². The molecule has 0 saturated heterocycles. The molecule has 2 aromatic rings. The van der Waals surface area contributed by atoms with E-state index in [4.69, 9.17) is 10.5 Å². The van der Waals surface area contributed by atoms with Crippen molar-refractivity contribution < 1.29 is 19.4 Å². The van der Waals surface area contributed by atoms with Gasteiger partial charge in [0.15, 0.2) is 6.10 Å². The van der Waals surface area contributed by atoms with Crippen molar-refractivity contribution in [3.05, 3.63) is 77.4 Å². The van der Waals surface area contributed by atoms with E-state index >= 15 is 0 Å². The quantitative estimate of drug-likeness (QED) is 0.500. The molecule has 1 unspecified atom stereocenters. The molecule has 124 valence electrons. The molecular formula is C19H19NO4. The van der Waals surface area contributed by atoms with Crippen molar-refractivity contribution in [2.24, 2.45) is 5.73 Å². The van der Waals surface area contributed by atoms with E-state index in [1.165, 1.54) is 6.92 Å². The molecule has 0 saturated carbocycles. The van der Waals surface area contributed by atoms with Gasteiger partial charge in [-0.15, -0.1) is 0 Å². The fourth-order valence-electron chi connectivity index (χ4n) is 2.09. The van der Waals surface area contributed by atoms with Gasteiger partial charge in [-0.25, -0.2) is 9.59 Å². The predicted octanol–water partition coefficient (Wildman–Crippen LogP) is 2.22. The first kappa shape index (κ1) is 17.6. The van der Waals surface area contributed by atoms with Crippen LogP contribution in [0.2, 0.25) is 0 Å². The molecule has 0 amide bonds. The van der Waals surface area contributed by atoms with Crippen molar-refractivity contribution in [3.8, 4) is 0 Å². The smallest absolute Gasteiger partial charge is 0.344 e. The first-order chi connectivity index (χ1) is 11.5. The van der Waals surface area contributed by atoms with Crippen molar-refractivity contribution in [2.45, 2.75) is 19.1 Å². The molecule has 0 aliphatic rings. The molecule has 0 fully saturated rings. The van der Waals surface area contributed by atoms with Gasteiger partial charge >= 0.3 is 11.9 Å². The molecule has 5 nitrogen and oxygen atoms in total. The third kappa shape index (κ3) is 4.62. The van der Waals surface area contributed by atoms with Gasteiger partial charge in [-0.3, -0.25) is 0 Å². The van der Waals surface area contributed by atoms with Gasteiger partial charge in [-0.1, -0.05) is 60.7 Å². The number of aliphatic hydroxyl groups is 1. The molecule has 2 rings (SSSR count). The Morgan fingerprint density at radius 2 is 1.58 bits per heavy atom. The summed E-state index contributed by atoms with van der Waals surface area (Å²) >= 11 is 0. The van der Waals surface area contributed by atoms with Crippen molar-refractivity contribution in [1.29, 1.82) is 0 Å². The second-order valence-corrected chi connectivity index (χ2v) is 5.33. The van der Waals surface area contributed by atoms with Gasteiger partial charge in [0.1, 0.15) is 0 Å². The molecule has 5 heteroatoms. The summed E-state index contributed by atoms with van der Waals surface area (Å²) in [5.41, 5.74) is 7.46. The summed E-state index contributed by atoms with van der Waals surface area (Å²) < 4.78 is 4.71. The van der Waals surface area contributed by atoms with Crippen LogP contribution in [0.25, 0.3) is 6.08 Å². The predicted molar refractivity (Wildman–Crippen MR) is 90.6 cm³/mol. The van der Waals surface area contributed by atoms with E-state index in [2.05, 4.69) is 0 Å².